The monoisotopic (exact) mass is 332 g/mol. The van der Waals surface area contributed by atoms with Gasteiger partial charge in [0.05, 0.1) is 12.1 Å². The molecule has 4 aromatic rings. The summed E-state index contributed by atoms with van der Waals surface area (Å²) in [5, 5.41) is 5.43. The molecule has 25 heavy (non-hydrogen) atoms. The first-order chi connectivity index (χ1) is 12.3. The van der Waals surface area contributed by atoms with Crippen LogP contribution in [0, 0.1) is 0 Å². The molecule has 0 unspecified atom stereocenters. The van der Waals surface area contributed by atoms with Crippen LogP contribution in [0.2, 0.25) is 0 Å². The van der Waals surface area contributed by atoms with Gasteiger partial charge in [0.2, 0.25) is 0 Å². The maximum atomic E-state index is 13.1. The molecule has 5 nitrogen and oxygen atoms in total. The lowest BCUT2D eigenvalue weighted by Gasteiger charge is -2.11. The van der Waals surface area contributed by atoms with Crippen LogP contribution in [0.3, 0.4) is 0 Å². The van der Waals surface area contributed by atoms with Gasteiger partial charge in [-0.15, -0.1) is 5.10 Å². The van der Waals surface area contributed by atoms with Gasteiger partial charge in [0, 0.05) is 11.8 Å². The lowest BCUT2D eigenvalue weighted by molar-refractivity contribution is 0.697. The van der Waals surface area contributed by atoms with Crippen molar-refractivity contribution in [2.75, 3.05) is 0 Å². The van der Waals surface area contributed by atoms with Gasteiger partial charge in [0.15, 0.2) is 11.5 Å². The Morgan fingerprint density at radius 2 is 1.76 bits per heavy atom. The van der Waals surface area contributed by atoms with Crippen LogP contribution >= 0.6 is 0 Å². The molecule has 0 aliphatic rings. The van der Waals surface area contributed by atoms with E-state index in [0.29, 0.717) is 12.2 Å². The molecule has 5 heteroatoms. The van der Waals surface area contributed by atoms with E-state index in [1.54, 1.807) is 4.57 Å². The van der Waals surface area contributed by atoms with E-state index in [1.807, 2.05) is 54.6 Å². The normalized spacial score (nSPS) is 11.4. The van der Waals surface area contributed by atoms with Gasteiger partial charge in [-0.1, -0.05) is 55.8 Å². The molecule has 0 amide bonds. The molecule has 0 radical (unpaired) electrons. The third-order valence-corrected chi connectivity index (χ3v) is 4.44. The van der Waals surface area contributed by atoms with Gasteiger partial charge >= 0.3 is 5.69 Å². The molecule has 0 saturated heterocycles. The minimum atomic E-state index is -0.146. The molecular weight excluding hydrogens is 312 g/mol. The number of aromatic nitrogens is 4. The summed E-state index contributed by atoms with van der Waals surface area (Å²) in [6, 6.07) is 17.9. The standard InChI is InChI=1S/C20H20N4O/c1-2-3-13-18-21-19-16-11-7-8-12-17(16)23(20(25)24(19)22-18)14-15-9-5-4-6-10-15/h4-12H,2-3,13-14H2,1H3. The lowest BCUT2D eigenvalue weighted by Crippen LogP contribution is -2.28. The van der Waals surface area contributed by atoms with Crippen molar-refractivity contribution in [2.24, 2.45) is 0 Å². The smallest absolute Gasteiger partial charge is 0.287 e. The van der Waals surface area contributed by atoms with Gasteiger partial charge < -0.3 is 0 Å². The molecule has 0 aliphatic carbocycles. The fourth-order valence-corrected chi connectivity index (χ4v) is 3.14. The van der Waals surface area contributed by atoms with Crippen LogP contribution in [0.5, 0.6) is 0 Å². The predicted molar refractivity (Wildman–Crippen MR) is 98.9 cm³/mol. The Kier molecular flexibility index (Phi) is 4.06. The lowest BCUT2D eigenvalue weighted by atomic mass is 10.2. The number of hydrogen-bond donors (Lipinski definition) is 0. The van der Waals surface area contributed by atoms with Crippen molar-refractivity contribution >= 4 is 16.6 Å². The molecule has 2 aromatic carbocycles. The van der Waals surface area contributed by atoms with E-state index in [1.165, 1.54) is 4.52 Å². The summed E-state index contributed by atoms with van der Waals surface area (Å²) in [6.45, 7) is 2.65. The number of para-hydroxylation sites is 1. The molecular formula is C20H20N4O. The van der Waals surface area contributed by atoms with E-state index in [4.69, 9.17) is 0 Å². The number of hydrogen-bond acceptors (Lipinski definition) is 3. The van der Waals surface area contributed by atoms with Crippen molar-refractivity contribution in [2.45, 2.75) is 32.7 Å². The summed E-state index contributed by atoms with van der Waals surface area (Å²) >= 11 is 0. The summed E-state index contributed by atoms with van der Waals surface area (Å²) in [6.07, 6.45) is 2.90. The first-order valence-electron chi connectivity index (χ1n) is 8.69. The van der Waals surface area contributed by atoms with E-state index in [0.717, 1.165) is 41.6 Å². The molecule has 0 fully saturated rings. The number of aryl methyl sites for hydroxylation is 1. The Labute approximate surface area is 145 Å². The van der Waals surface area contributed by atoms with E-state index < -0.39 is 0 Å². The molecule has 0 atom stereocenters. The second kappa shape index (κ2) is 6.51. The maximum Gasteiger partial charge on any atom is 0.351 e. The second-order valence-electron chi connectivity index (χ2n) is 6.24. The number of fused-ring (bicyclic) bond motifs is 3. The largest absolute Gasteiger partial charge is 0.351 e. The van der Waals surface area contributed by atoms with E-state index >= 15 is 0 Å². The zero-order valence-electron chi connectivity index (χ0n) is 14.2. The third kappa shape index (κ3) is 2.82. The molecule has 0 saturated carbocycles. The molecule has 0 N–H and O–H groups in total. The number of benzene rings is 2. The molecule has 0 aliphatic heterocycles. The fourth-order valence-electron chi connectivity index (χ4n) is 3.14. The van der Waals surface area contributed by atoms with Crippen LogP contribution in [-0.2, 0) is 13.0 Å². The summed E-state index contributed by atoms with van der Waals surface area (Å²) < 4.78 is 3.23. The van der Waals surface area contributed by atoms with Gasteiger partial charge in [0.25, 0.3) is 0 Å². The van der Waals surface area contributed by atoms with Crippen LogP contribution in [0.4, 0.5) is 0 Å². The Bertz CT molecular complexity index is 1080. The Balaban J connectivity index is 1.94. The molecule has 4 rings (SSSR count). The Morgan fingerprint density at radius 1 is 1.00 bits per heavy atom. The van der Waals surface area contributed by atoms with Crippen LogP contribution in [-0.4, -0.2) is 19.2 Å². The van der Waals surface area contributed by atoms with Crippen molar-refractivity contribution in [3.8, 4) is 0 Å². The molecule has 2 heterocycles. The summed E-state index contributed by atoms with van der Waals surface area (Å²) in [7, 11) is 0. The van der Waals surface area contributed by atoms with E-state index in [-0.39, 0.29) is 5.69 Å². The molecule has 0 bridgehead atoms. The van der Waals surface area contributed by atoms with Gasteiger partial charge in [-0.2, -0.15) is 4.52 Å². The first-order valence-corrected chi connectivity index (χ1v) is 8.69. The van der Waals surface area contributed by atoms with Crippen molar-refractivity contribution in [1.29, 1.82) is 0 Å². The third-order valence-electron chi connectivity index (χ3n) is 4.44. The van der Waals surface area contributed by atoms with Crippen LogP contribution in [0.15, 0.2) is 59.4 Å². The van der Waals surface area contributed by atoms with Gasteiger partial charge in [-0.3, -0.25) is 4.57 Å². The van der Waals surface area contributed by atoms with Gasteiger partial charge in [-0.25, -0.2) is 9.78 Å². The molecule has 2 aromatic heterocycles. The molecule has 0 spiro atoms. The highest BCUT2D eigenvalue weighted by Crippen LogP contribution is 2.18. The summed E-state index contributed by atoms with van der Waals surface area (Å²) in [4.78, 5) is 17.7. The number of rotatable bonds is 5. The highest BCUT2D eigenvalue weighted by Gasteiger charge is 2.14. The van der Waals surface area contributed by atoms with Crippen molar-refractivity contribution in [3.05, 3.63) is 76.5 Å². The number of nitrogens with zero attached hydrogens (tertiary/aromatic N) is 4. The Hall–Kier alpha value is -2.95. The van der Waals surface area contributed by atoms with Crippen LogP contribution in [0.25, 0.3) is 16.6 Å². The van der Waals surface area contributed by atoms with Crippen molar-refractivity contribution < 1.29 is 0 Å². The second-order valence-corrected chi connectivity index (χ2v) is 6.24. The van der Waals surface area contributed by atoms with Gasteiger partial charge in [0.1, 0.15) is 0 Å². The average molecular weight is 332 g/mol. The highest BCUT2D eigenvalue weighted by atomic mass is 16.2. The summed E-state index contributed by atoms with van der Waals surface area (Å²) in [5.41, 5.74) is 2.47. The zero-order chi connectivity index (χ0) is 17.2. The Morgan fingerprint density at radius 3 is 2.56 bits per heavy atom. The highest BCUT2D eigenvalue weighted by molar-refractivity contribution is 5.91. The van der Waals surface area contributed by atoms with Crippen LogP contribution < -0.4 is 5.69 Å². The SMILES string of the molecule is CCCCc1nc2c3ccccc3n(Cc3ccccc3)c(=O)n2n1. The van der Waals surface area contributed by atoms with Crippen molar-refractivity contribution in [1.82, 2.24) is 19.2 Å². The van der Waals surface area contributed by atoms with E-state index in [9.17, 15) is 4.79 Å². The van der Waals surface area contributed by atoms with Crippen LogP contribution in [0.1, 0.15) is 31.2 Å². The quantitative estimate of drug-likeness (QED) is 0.562. The maximum absolute atomic E-state index is 13.1. The topological polar surface area (TPSA) is 52.2 Å². The first kappa shape index (κ1) is 15.6. The predicted octanol–water partition coefficient (Wildman–Crippen LogP) is 3.44. The zero-order valence-corrected chi connectivity index (χ0v) is 14.2. The van der Waals surface area contributed by atoms with Crippen molar-refractivity contribution in [3.63, 3.8) is 0 Å². The minimum Gasteiger partial charge on any atom is -0.287 e. The summed E-state index contributed by atoms with van der Waals surface area (Å²) in [5.74, 6) is 0.738. The average Bonchev–Trinajstić information content (AvgIpc) is 3.09. The van der Waals surface area contributed by atoms with Gasteiger partial charge in [-0.05, 0) is 24.1 Å². The number of unbranched alkanes of at least 4 members (excludes halogenated alkanes) is 1. The van der Waals surface area contributed by atoms with E-state index in [2.05, 4.69) is 17.0 Å². The molecule has 126 valence electrons. The minimum absolute atomic E-state index is 0.146. The fraction of sp³-hybridized carbons (Fsp3) is 0.250.